The van der Waals surface area contributed by atoms with Gasteiger partial charge in [-0.3, -0.25) is 9.59 Å². The first kappa shape index (κ1) is 19.4. The lowest BCUT2D eigenvalue weighted by Crippen LogP contribution is -2.43. The Morgan fingerprint density at radius 3 is 2.69 bits per heavy atom. The first-order chi connectivity index (χ1) is 14.2. The van der Waals surface area contributed by atoms with Gasteiger partial charge in [-0.05, 0) is 31.4 Å². The van der Waals surface area contributed by atoms with Crippen LogP contribution < -0.4 is 4.74 Å². The van der Waals surface area contributed by atoms with Gasteiger partial charge in [-0.1, -0.05) is 25.1 Å². The maximum absolute atomic E-state index is 12.6. The fourth-order valence-corrected chi connectivity index (χ4v) is 4.09. The van der Waals surface area contributed by atoms with E-state index in [0.717, 1.165) is 37.5 Å². The number of amides is 2. The smallest absolute Gasteiger partial charge is 0.260 e. The van der Waals surface area contributed by atoms with Crippen LogP contribution in [0, 0.1) is 0 Å². The van der Waals surface area contributed by atoms with Crippen LogP contribution in [0.15, 0.2) is 30.3 Å². The van der Waals surface area contributed by atoms with Crippen LogP contribution >= 0.6 is 0 Å². The second kappa shape index (κ2) is 8.63. The lowest BCUT2D eigenvalue weighted by atomic mass is 10.0. The number of para-hydroxylation sites is 1. The second-order valence-corrected chi connectivity index (χ2v) is 7.50. The van der Waals surface area contributed by atoms with E-state index in [2.05, 4.69) is 14.8 Å². The SMILES string of the molecule is CCC(=O)N1CCCCC1c1nnc2n1CCN(C(=O)COc1ccccc1)C2. The molecule has 8 heteroatoms. The molecule has 2 aliphatic rings. The first-order valence-electron chi connectivity index (χ1n) is 10.3. The molecule has 154 valence electrons. The van der Waals surface area contributed by atoms with E-state index in [0.29, 0.717) is 31.8 Å². The van der Waals surface area contributed by atoms with Crippen molar-refractivity contribution in [2.45, 2.75) is 51.7 Å². The second-order valence-electron chi connectivity index (χ2n) is 7.50. The minimum Gasteiger partial charge on any atom is -0.484 e. The van der Waals surface area contributed by atoms with Crippen LogP contribution in [0.2, 0.25) is 0 Å². The summed E-state index contributed by atoms with van der Waals surface area (Å²) in [6.45, 7) is 4.32. The van der Waals surface area contributed by atoms with Crippen molar-refractivity contribution in [3.8, 4) is 5.75 Å². The number of benzene rings is 1. The van der Waals surface area contributed by atoms with Crippen LogP contribution in [0.5, 0.6) is 5.75 Å². The molecule has 0 N–H and O–H groups in total. The molecule has 1 unspecified atom stereocenters. The molecule has 1 fully saturated rings. The summed E-state index contributed by atoms with van der Waals surface area (Å²) in [4.78, 5) is 28.6. The summed E-state index contributed by atoms with van der Waals surface area (Å²) in [5.41, 5.74) is 0. The van der Waals surface area contributed by atoms with E-state index in [1.807, 2.05) is 42.2 Å². The number of hydrogen-bond donors (Lipinski definition) is 0. The van der Waals surface area contributed by atoms with E-state index in [4.69, 9.17) is 4.74 Å². The van der Waals surface area contributed by atoms with Gasteiger partial charge < -0.3 is 19.1 Å². The number of aromatic nitrogens is 3. The molecular weight excluding hydrogens is 370 g/mol. The van der Waals surface area contributed by atoms with E-state index >= 15 is 0 Å². The van der Waals surface area contributed by atoms with Crippen molar-refractivity contribution in [3.05, 3.63) is 42.0 Å². The van der Waals surface area contributed by atoms with Gasteiger partial charge in [0.15, 0.2) is 18.3 Å². The number of piperidine rings is 1. The fourth-order valence-electron chi connectivity index (χ4n) is 4.09. The highest BCUT2D eigenvalue weighted by molar-refractivity contribution is 5.78. The Morgan fingerprint density at radius 1 is 1.07 bits per heavy atom. The third-order valence-electron chi connectivity index (χ3n) is 5.66. The van der Waals surface area contributed by atoms with E-state index in [-0.39, 0.29) is 24.5 Å². The number of carbonyl (C=O) groups excluding carboxylic acids is 2. The maximum atomic E-state index is 12.6. The number of carbonyl (C=O) groups is 2. The van der Waals surface area contributed by atoms with E-state index in [1.54, 1.807) is 4.90 Å². The molecule has 1 atom stereocenters. The van der Waals surface area contributed by atoms with Crippen molar-refractivity contribution in [1.29, 1.82) is 0 Å². The van der Waals surface area contributed by atoms with Crippen LogP contribution in [0.1, 0.15) is 50.3 Å². The van der Waals surface area contributed by atoms with E-state index in [9.17, 15) is 9.59 Å². The highest BCUT2D eigenvalue weighted by atomic mass is 16.5. The molecule has 2 aromatic rings. The number of likely N-dealkylation sites (tertiary alicyclic amines) is 1. The number of rotatable bonds is 5. The molecule has 29 heavy (non-hydrogen) atoms. The number of hydrogen-bond acceptors (Lipinski definition) is 5. The van der Waals surface area contributed by atoms with Crippen molar-refractivity contribution < 1.29 is 14.3 Å². The monoisotopic (exact) mass is 397 g/mol. The van der Waals surface area contributed by atoms with E-state index < -0.39 is 0 Å². The third kappa shape index (κ3) is 4.11. The summed E-state index contributed by atoms with van der Waals surface area (Å²) in [5, 5.41) is 8.77. The van der Waals surface area contributed by atoms with Gasteiger partial charge in [-0.25, -0.2) is 0 Å². The van der Waals surface area contributed by atoms with Gasteiger partial charge in [-0.2, -0.15) is 0 Å². The Morgan fingerprint density at radius 2 is 1.90 bits per heavy atom. The van der Waals surface area contributed by atoms with E-state index in [1.165, 1.54) is 0 Å². The van der Waals surface area contributed by atoms with Crippen molar-refractivity contribution in [3.63, 3.8) is 0 Å². The summed E-state index contributed by atoms with van der Waals surface area (Å²) in [6.07, 6.45) is 3.54. The van der Waals surface area contributed by atoms with Gasteiger partial charge in [0.1, 0.15) is 5.75 Å². The zero-order chi connectivity index (χ0) is 20.2. The van der Waals surface area contributed by atoms with Gasteiger partial charge in [0.2, 0.25) is 5.91 Å². The normalized spacial score (nSPS) is 19.0. The van der Waals surface area contributed by atoms with Crippen LogP contribution in [0.3, 0.4) is 0 Å². The quantitative estimate of drug-likeness (QED) is 0.772. The number of ether oxygens (including phenoxy) is 1. The summed E-state index contributed by atoms with van der Waals surface area (Å²) < 4.78 is 7.67. The predicted molar refractivity (Wildman–Crippen MR) is 106 cm³/mol. The fraction of sp³-hybridized carbons (Fsp3) is 0.524. The lowest BCUT2D eigenvalue weighted by molar-refractivity contribution is -0.135. The van der Waals surface area contributed by atoms with Crippen LogP contribution in [0.4, 0.5) is 0 Å². The molecule has 3 heterocycles. The molecule has 0 spiro atoms. The lowest BCUT2D eigenvalue weighted by Gasteiger charge is -2.36. The molecule has 1 aromatic carbocycles. The summed E-state index contributed by atoms with van der Waals surface area (Å²) >= 11 is 0. The van der Waals surface area contributed by atoms with Gasteiger partial charge >= 0.3 is 0 Å². The summed E-state index contributed by atoms with van der Waals surface area (Å²) in [5.74, 6) is 2.41. The van der Waals surface area contributed by atoms with Gasteiger partial charge in [0.05, 0.1) is 12.6 Å². The number of nitrogens with zero attached hydrogens (tertiary/aromatic N) is 5. The van der Waals surface area contributed by atoms with Crippen molar-refractivity contribution in [2.24, 2.45) is 0 Å². The Hall–Kier alpha value is -2.90. The Bertz CT molecular complexity index is 866. The van der Waals surface area contributed by atoms with Gasteiger partial charge in [-0.15, -0.1) is 10.2 Å². The van der Waals surface area contributed by atoms with Crippen LogP contribution in [-0.2, 0) is 22.7 Å². The molecule has 1 saturated heterocycles. The van der Waals surface area contributed by atoms with Crippen LogP contribution in [-0.4, -0.2) is 56.1 Å². The van der Waals surface area contributed by atoms with Gasteiger partial charge in [0, 0.05) is 26.1 Å². The van der Waals surface area contributed by atoms with Gasteiger partial charge in [0.25, 0.3) is 5.91 Å². The molecule has 4 rings (SSSR count). The first-order valence-corrected chi connectivity index (χ1v) is 10.3. The van der Waals surface area contributed by atoms with Crippen molar-refractivity contribution in [1.82, 2.24) is 24.6 Å². The Kier molecular flexibility index (Phi) is 5.78. The average Bonchev–Trinajstić information content (AvgIpc) is 3.20. The molecule has 2 amide bonds. The molecular formula is C21H27N5O3. The molecule has 0 radical (unpaired) electrons. The van der Waals surface area contributed by atoms with Crippen molar-refractivity contribution >= 4 is 11.8 Å². The summed E-state index contributed by atoms with van der Waals surface area (Å²) in [6, 6.07) is 9.32. The van der Waals surface area contributed by atoms with Crippen LogP contribution in [0.25, 0.3) is 0 Å². The maximum Gasteiger partial charge on any atom is 0.260 e. The third-order valence-corrected chi connectivity index (χ3v) is 5.66. The van der Waals surface area contributed by atoms with Crippen molar-refractivity contribution in [2.75, 3.05) is 19.7 Å². The summed E-state index contributed by atoms with van der Waals surface area (Å²) in [7, 11) is 0. The predicted octanol–water partition coefficient (Wildman–Crippen LogP) is 2.16. The topological polar surface area (TPSA) is 80.6 Å². The zero-order valence-corrected chi connectivity index (χ0v) is 16.8. The average molecular weight is 397 g/mol. The largest absolute Gasteiger partial charge is 0.484 e. The minimum absolute atomic E-state index is 0.00636. The molecule has 0 saturated carbocycles. The number of fused-ring (bicyclic) bond motifs is 1. The highest BCUT2D eigenvalue weighted by Gasteiger charge is 2.33. The highest BCUT2D eigenvalue weighted by Crippen LogP contribution is 2.31. The molecule has 8 nitrogen and oxygen atoms in total. The standard InChI is InChI=1S/C21H27N5O3/c1-2-19(27)25-11-7-6-10-17(25)21-23-22-18-14-24(12-13-26(18)21)20(28)15-29-16-8-4-3-5-9-16/h3-5,8-9,17H,2,6-7,10-15H2,1H3. The Balaban J connectivity index is 1.43. The zero-order valence-electron chi connectivity index (χ0n) is 16.8. The molecule has 0 bridgehead atoms. The molecule has 2 aliphatic heterocycles. The Labute approximate surface area is 170 Å². The minimum atomic E-state index is -0.0647. The molecule has 1 aromatic heterocycles. The molecule has 0 aliphatic carbocycles.